The molecule has 0 nitrogen and oxygen atoms in total. The van der Waals surface area contributed by atoms with Crippen molar-refractivity contribution in [3.05, 3.63) is 23.3 Å². The first kappa shape index (κ1) is 11.6. The van der Waals surface area contributed by atoms with Crippen molar-refractivity contribution in [3.8, 4) is 0 Å². The highest BCUT2D eigenvalue weighted by Gasteiger charge is 2.36. The number of alkyl halides is 4. The van der Waals surface area contributed by atoms with E-state index in [9.17, 15) is 13.2 Å². The number of hydrogen-bond donors (Lipinski definition) is 0. The van der Waals surface area contributed by atoms with Crippen LogP contribution in [0.15, 0.2) is 23.3 Å². The molecule has 0 aliphatic heterocycles. The Labute approximate surface area is 86.4 Å². The molecule has 1 atom stereocenters. The monoisotopic (exact) mass is 224 g/mol. The molecule has 4 heteroatoms. The Bertz CT molecular complexity index is 263. The summed E-state index contributed by atoms with van der Waals surface area (Å²) in [6, 6.07) is 0. The highest BCUT2D eigenvalue weighted by molar-refractivity contribution is 6.18. The summed E-state index contributed by atoms with van der Waals surface area (Å²) < 4.78 is 37.6. The predicted molar refractivity (Wildman–Crippen MR) is 51.3 cm³/mol. The van der Waals surface area contributed by atoms with Crippen molar-refractivity contribution in [2.24, 2.45) is 5.92 Å². The molecule has 1 aliphatic rings. The zero-order valence-electron chi connectivity index (χ0n) is 7.87. The van der Waals surface area contributed by atoms with Crippen LogP contribution in [0.2, 0.25) is 0 Å². The first-order valence-electron chi connectivity index (χ1n) is 4.49. The molecule has 0 aromatic rings. The third kappa shape index (κ3) is 2.53. The average molecular weight is 225 g/mol. The molecule has 80 valence electrons. The molecule has 0 fully saturated rings. The Balaban J connectivity index is 3.04. The van der Waals surface area contributed by atoms with Crippen molar-refractivity contribution in [3.63, 3.8) is 0 Å². The van der Waals surface area contributed by atoms with Gasteiger partial charge in [0.2, 0.25) is 0 Å². The van der Waals surface area contributed by atoms with Gasteiger partial charge in [0.1, 0.15) is 0 Å². The molecule has 14 heavy (non-hydrogen) atoms. The zero-order valence-corrected chi connectivity index (χ0v) is 8.62. The van der Waals surface area contributed by atoms with Gasteiger partial charge in [0, 0.05) is 5.88 Å². The largest absolute Gasteiger partial charge is 0.416 e. The maximum atomic E-state index is 12.5. The van der Waals surface area contributed by atoms with Crippen molar-refractivity contribution < 1.29 is 13.2 Å². The fourth-order valence-electron chi connectivity index (χ4n) is 1.56. The maximum Gasteiger partial charge on any atom is 0.416 e. The minimum Gasteiger partial charge on any atom is -0.166 e. The Morgan fingerprint density at radius 3 is 2.64 bits per heavy atom. The van der Waals surface area contributed by atoms with Crippen LogP contribution in [0, 0.1) is 5.92 Å². The van der Waals surface area contributed by atoms with Crippen molar-refractivity contribution in [1.29, 1.82) is 0 Å². The van der Waals surface area contributed by atoms with E-state index in [0.717, 1.165) is 0 Å². The fraction of sp³-hybridized carbons (Fsp3) is 0.600. The van der Waals surface area contributed by atoms with E-state index in [4.69, 9.17) is 11.6 Å². The van der Waals surface area contributed by atoms with Gasteiger partial charge >= 0.3 is 6.18 Å². The van der Waals surface area contributed by atoms with E-state index in [-0.39, 0.29) is 11.8 Å². The minimum atomic E-state index is -4.24. The summed E-state index contributed by atoms with van der Waals surface area (Å²) >= 11 is 5.58. The Hall–Kier alpha value is -0.440. The molecule has 0 saturated heterocycles. The van der Waals surface area contributed by atoms with E-state index >= 15 is 0 Å². The van der Waals surface area contributed by atoms with Crippen LogP contribution in [-0.4, -0.2) is 12.1 Å². The lowest BCUT2D eigenvalue weighted by molar-refractivity contribution is -0.0897. The normalized spacial score (nSPS) is 20.1. The van der Waals surface area contributed by atoms with E-state index in [1.54, 1.807) is 13.0 Å². The molecule has 0 bridgehead atoms. The smallest absolute Gasteiger partial charge is 0.166 e. The molecule has 0 heterocycles. The lowest BCUT2D eigenvalue weighted by atomic mass is 9.89. The van der Waals surface area contributed by atoms with Crippen molar-refractivity contribution in [2.75, 3.05) is 5.88 Å². The summed E-state index contributed by atoms with van der Waals surface area (Å²) in [6.45, 7) is 1.73. The molecule has 1 unspecified atom stereocenters. The van der Waals surface area contributed by atoms with Gasteiger partial charge in [0.15, 0.2) is 0 Å². The molecular formula is C10H12ClF3. The SMILES string of the molecule is CC(CCl)C1=C(C(F)(F)F)C=CCC1. The van der Waals surface area contributed by atoms with E-state index in [1.165, 1.54) is 6.08 Å². The quantitative estimate of drug-likeness (QED) is 0.621. The van der Waals surface area contributed by atoms with Gasteiger partial charge in [0.25, 0.3) is 0 Å². The second-order valence-corrected chi connectivity index (χ2v) is 3.74. The summed E-state index contributed by atoms with van der Waals surface area (Å²) in [5.41, 5.74) is -0.0631. The molecule has 0 amide bonds. The molecule has 1 rings (SSSR count). The van der Waals surface area contributed by atoms with Gasteiger partial charge in [-0.1, -0.05) is 24.6 Å². The molecule has 0 spiro atoms. The van der Waals surface area contributed by atoms with Crippen LogP contribution in [0.1, 0.15) is 19.8 Å². The number of allylic oxidation sites excluding steroid dienone is 4. The van der Waals surface area contributed by atoms with Crippen LogP contribution in [0.25, 0.3) is 0 Å². The lowest BCUT2D eigenvalue weighted by Crippen LogP contribution is -2.18. The first-order valence-corrected chi connectivity index (χ1v) is 5.03. The molecule has 0 saturated carbocycles. The zero-order chi connectivity index (χ0) is 10.8. The molecule has 0 aromatic heterocycles. The van der Waals surface area contributed by atoms with E-state index in [0.29, 0.717) is 18.4 Å². The molecule has 0 radical (unpaired) electrons. The van der Waals surface area contributed by atoms with Gasteiger partial charge in [-0.15, -0.1) is 11.6 Å². The van der Waals surface area contributed by atoms with Gasteiger partial charge < -0.3 is 0 Å². The summed E-state index contributed by atoms with van der Waals surface area (Å²) in [5.74, 6) is 0.0428. The number of hydrogen-bond acceptors (Lipinski definition) is 0. The summed E-state index contributed by atoms with van der Waals surface area (Å²) in [5, 5.41) is 0. The summed E-state index contributed by atoms with van der Waals surface area (Å²) in [7, 11) is 0. The average Bonchev–Trinajstić information content (AvgIpc) is 2.15. The fourth-order valence-corrected chi connectivity index (χ4v) is 1.75. The second-order valence-electron chi connectivity index (χ2n) is 3.43. The van der Waals surface area contributed by atoms with Crippen LogP contribution in [0.5, 0.6) is 0 Å². The van der Waals surface area contributed by atoms with Crippen LogP contribution in [0.3, 0.4) is 0 Å². The van der Waals surface area contributed by atoms with Crippen LogP contribution in [-0.2, 0) is 0 Å². The molecule has 0 N–H and O–H groups in total. The van der Waals surface area contributed by atoms with E-state index < -0.39 is 11.7 Å². The summed E-state index contributed by atoms with van der Waals surface area (Å²) in [6.07, 6.45) is -0.364. The molecule has 1 aliphatic carbocycles. The third-order valence-corrected chi connectivity index (χ3v) is 2.81. The lowest BCUT2D eigenvalue weighted by Gasteiger charge is -2.21. The van der Waals surface area contributed by atoms with Gasteiger partial charge in [-0.2, -0.15) is 13.2 Å². The Morgan fingerprint density at radius 2 is 2.14 bits per heavy atom. The van der Waals surface area contributed by atoms with Gasteiger partial charge in [-0.3, -0.25) is 0 Å². The van der Waals surface area contributed by atoms with Crippen LogP contribution in [0.4, 0.5) is 13.2 Å². The number of rotatable bonds is 2. The van der Waals surface area contributed by atoms with Crippen LogP contribution >= 0.6 is 11.6 Å². The van der Waals surface area contributed by atoms with Crippen molar-refractivity contribution in [1.82, 2.24) is 0 Å². The van der Waals surface area contributed by atoms with Crippen molar-refractivity contribution >= 4 is 11.6 Å². The van der Waals surface area contributed by atoms with Gasteiger partial charge in [-0.05, 0) is 18.8 Å². The van der Waals surface area contributed by atoms with E-state index in [1.807, 2.05) is 0 Å². The highest BCUT2D eigenvalue weighted by atomic mass is 35.5. The second kappa shape index (κ2) is 4.39. The Morgan fingerprint density at radius 1 is 1.50 bits per heavy atom. The van der Waals surface area contributed by atoms with E-state index in [2.05, 4.69) is 0 Å². The maximum absolute atomic E-state index is 12.5. The van der Waals surface area contributed by atoms with Crippen molar-refractivity contribution in [2.45, 2.75) is 25.9 Å². The third-order valence-electron chi connectivity index (χ3n) is 2.34. The Kier molecular flexibility index (Phi) is 3.65. The van der Waals surface area contributed by atoms with Crippen LogP contribution < -0.4 is 0 Å². The topological polar surface area (TPSA) is 0 Å². The minimum absolute atomic E-state index is 0.196. The standard InChI is InChI=1S/C10H12ClF3/c1-7(6-11)8-4-2-3-5-9(8)10(12,13)14/h3,5,7H,2,4,6H2,1H3. The van der Waals surface area contributed by atoms with Gasteiger partial charge in [-0.25, -0.2) is 0 Å². The highest BCUT2D eigenvalue weighted by Crippen LogP contribution is 2.36. The summed E-state index contributed by atoms with van der Waals surface area (Å²) in [4.78, 5) is 0. The number of halogens is 4. The van der Waals surface area contributed by atoms with Gasteiger partial charge in [0.05, 0.1) is 5.57 Å². The molecular weight excluding hydrogens is 213 g/mol. The first-order chi connectivity index (χ1) is 6.46. The predicted octanol–water partition coefficient (Wildman–Crippen LogP) is 4.07. The molecule has 0 aromatic carbocycles.